The molecule has 0 saturated heterocycles. The molecule has 0 atom stereocenters. The Bertz CT molecular complexity index is 885. The first-order valence-corrected chi connectivity index (χ1v) is 13.7. The number of hydrogen-bond acceptors (Lipinski definition) is 2. The summed E-state index contributed by atoms with van der Waals surface area (Å²) in [5.41, 5.74) is 4.82. The van der Waals surface area contributed by atoms with Crippen molar-refractivity contribution >= 4 is 11.1 Å². The first kappa shape index (κ1) is 29.7. The Morgan fingerprint density at radius 3 is 1.14 bits per heavy atom. The zero-order valence-electron chi connectivity index (χ0n) is 24.1. The molecule has 0 unspecified atom stereocenters. The fourth-order valence-corrected chi connectivity index (χ4v) is 4.26. The van der Waals surface area contributed by atoms with E-state index in [0.717, 1.165) is 72.9 Å². The molecule has 2 aromatic rings. The molecule has 0 aliphatic carbocycles. The zero-order valence-corrected chi connectivity index (χ0v) is 24.1. The van der Waals surface area contributed by atoms with Gasteiger partial charge in [-0.2, -0.15) is 0 Å². The number of hydrogen-bond donors (Lipinski definition) is 0. The van der Waals surface area contributed by atoms with Gasteiger partial charge in [0.25, 0.3) is 0 Å². The van der Waals surface area contributed by atoms with Crippen molar-refractivity contribution in [3.8, 4) is 11.5 Å². The van der Waals surface area contributed by atoms with Gasteiger partial charge in [0.05, 0.1) is 40.3 Å². The lowest BCUT2D eigenvalue weighted by atomic mass is 9.92. The van der Waals surface area contributed by atoms with Gasteiger partial charge in [-0.25, -0.2) is 0 Å². The Hall–Kier alpha value is -2.56. The van der Waals surface area contributed by atoms with Crippen LogP contribution in [0.3, 0.4) is 0 Å². The maximum atomic E-state index is 6.06. The van der Waals surface area contributed by atoms with Crippen LogP contribution in [-0.4, -0.2) is 75.5 Å². The van der Waals surface area contributed by atoms with Gasteiger partial charge >= 0.3 is 0 Å². The topological polar surface area (TPSA) is 18.5 Å². The lowest BCUT2D eigenvalue weighted by Crippen LogP contribution is -2.46. The molecule has 198 valence electrons. The molecule has 0 heterocycles. The van der Waals surface area contributed by atoms with Crippen LogP contribution in [0, 0.1) is 0 Å². The molecule has 0 saturated carbocycles. The second-order valence-corrected chi connectivity index (χ2v) is 10.1. The van der Waals surface area contributed by atoms with Gasteiger partial charge in [0.1, 0.15) is 37.8 Å². The zero-order chi connectivity index (χ0) is 26.6. The number of benzene rings is 2. The average Bonchev–Trinajstić information content (AvgIpc) is 2.92. The van der Waals surface area contributed by atoms with E-state index >= 15 is 0 Å². The number of nitrogens with zero attached hydrogens (tertiary/aromatic N) is 2. The van der Waals surface area contributed by atoms with Crippen molar-refractivity contribution in [2.24, 2.45) is 0 Å². The summed E-state index contributed by atoms with van der Waals surface area (Å²) in [6, 6.07) is 17.0. The summed E-state index contributed by atoms with van der Waals surface area (Å²) in [6.45, 7) is 21.2. The highest BCUT2D eigenvalue weighted by Crippen LogP contribution is 2.33. The van der Waals surface area contributed by atoms with Crippen LogP contribution in [0.1, 0.15) is 52.7 Å². The summed E-state index contributed by atoms with van der Waals surface area (Å²) in [5.74, 6) is 1.86. The molecule has 0 fully saturated rings. The van der Waals surface area contributed by atoms with Gasteiger partial charge in [-0.1, -0.05) is 36.4 Å². The number of rotatable bonds is 15. The van der Waals surface area contributed by atoms with Crippen molar-refractivity contribution in [2.75, 3.05) is 66.6 Å². The molecule has 36 heavy (non-hydrogen) atoms. The summed E-state index contributed by atoms with van der Waals surface area (Å²) >= 11 is 0. The smallest absolute Gasteiger partial charge is 0.137 e. The van der Waals surface area contributed by atoms with E-state index < -0.39 is 0 Å². The SMILES string of the molecule is C/C=C(/C(=C/C)c1ccc(OCC[N+](C)(CC)CC)cc1)c1ccc(OCC[N+](C)(CC)CC)cc1. The maximum absolute atomic E-state index is 6.06. The minimum atomic E-state index is 0.734. The Labute approximate surface area is 221 Å². The molecule has 0 aliphatic heterocycles. The van der Waals surface area contributed by atoms with Gasteiger partial charge in [-0.05, 0) is 88.1 Å². The van der Waals surface area contributed by atoms with Crippen LogP contribution in [0.5, 0.6) is 11.5 Å². The van der Waals surface area contributed by atoms with Gasteiger partial charge in [-0.15, -0.1) is 0 Å². The second-order valence-electron chi connectivity index (χ2n) is 10.1. The van der Waals surface area contributed by atoms with Gasteiger partial charge in [-0.3, -0.25) is 0 Å². The highest BCUT2D eigenvalue weighted by atomic mass is 16.5. The first-order valence-electron chi connectivity index (χ1n) is 13.7. The normalized spacial score (nSPS) is 13.1. The average molecular weight is 495 g/mol. The van der Waals surface area contributed by atoms with Crippen molar-refractivity contribution in [1.82, 2.24) is 0 Å². The molecular weight excluding hydrogens is 444 g/mol. The third kappa shape index (κ3) is 8.25. The van der Waals surface area contributed by atoms with Gasteiger partial charge < -0.3 is 18.4 Å². The number of allylic oxidation sites excluding steroid dienone is 4. The number of quaternary nitrogens is 2. The molecule has 0 spiro atoms. The van der Waals surface area contributed by atoms with E-state index in [1.165, 1.54) is 22.3 Å². The van der Waals surface area contributed by atoms with Crippen molar-refractivity contribution < 1.29 is 18.4 Å². The van der Waals surface area contributed by atoms with Crippen molar-refractivity contribution in [3.05, 3.63) is 71.8 Å². The van der Waals surface area contributed by atoms with Gasteiger partial charge in [0.2, 0.25) is 0 Å². The summed E-state index contributed by atoms with van der Waals surface area (Å²) < 4.78 is 14.2. The van der Waals surface area contributed by atoms with Crippen LogP contribution in [0.2, 0.25) is 0 Å². The number of likely N-dealkylation sites (N-methyl/N-ethyl adjacent to an activating group) is 2. The van der Waals surface area contributed by atoms with Gasteiger partial charge in [0, 0.05) is 0 Å². The van der Waals surface area contributed by atoms with E-state index in [1.807, 2.05) is 0 Å². The maximum Gasteiger partial charge on any atom is 0.137 e. The van der Waals surface area contributed by atoms with Crippen LogP contribution >= 0.6 is 0 Å². The molecule has 0 bridgehead atoms. The Morgan fingerprint density at radius 2 is 0.889 bits per heavy atom. The monoisotopic (exact) mass is 494 g/mol. The van der Waals surface area contributed by atoms with E-state index in [-0.39, 0.29) is 0 Å². The Kier molecular flexibility index (Phi) is 11.7. The standard InChI is InChI=1S/C32H50N2O2/c1-9-31(27-15-19-29(20-16-27)35-25-23-33(7,11-3)12-4)32(10-2)28-17-21-30(22-18-28)36-26-24-34(8,13-5)14-6/h9-10,15-22H,11-14,23-26H2,1-8H3/q+2/b31-9+,32-10+. The molecule has 0 aliphatic rings. The van der Waals surface area contributed by atoms with Crippen molar-refractivity contribution in [3.63, 3.8) is 0 Å². The molecule has 2 aromatic carbocycles. The Balaban J connectivity index is 2.04. The lowest BCUT2D eigenvalue weighted by Gasteiger charge is -2.31. The lowest BCUT2D eigenvalue weighted by molar-refractivity contribution is -0.906. The summed E-state index contributed by atoms with van der Waals surface area (Å²) in [5, 5.41) is 0. The number of ether oxygens (including phenoxy) is 2. The van der Waals surface area contributed by atoms with E-state index in [2.05, 4.69) is 116 Å². The molecule has 0 N–H and O–H groups in total. The minimum Gasteiger partial charge on any atom is -0.488 e. The van der Waals surface area contributed by atoms with E-state index in [4.69, 9.17) is 9.47 Å². The van der Waals surface area contributed by atoms with E-state index in [0.29, 0.717) is 0 Å². The van der Waals surface area contributed by atoms with Crippen LogP contribution in [-0.2, 0) is 0 Å². The molecule has 2 rings (SSSR count). The summed E-state index contributed by atoms with van der Waals surface area (Å²) in [7, 11) is 4.57. The van der Waals surface area contributed by atoms with E-state index in [1.54, 1.807) is 0 Å². The van der Waals surface area contributed by atoms with E-state index in [9.17, 15) is 0 Å². The third-order valence-electron chi connectivity index (χ3n) is 8.05. The molecule has 0 amide bonds. The minimum absolute atomic E-state index is 0.734. The van der Waals surface area contributed by atoms with Crippen LogP contribution in [0.15, 0.2) is 60.7 Å². The molecule has 0 radical (unpaired) electrons. The van der Waals surface area contributed by atoms with Gasteiger partial charge in [0.15, 0.2) is 0 Å². The summed E-state index contributed by atoms with van der Waals surface area (Å²) in [4.78, 5) is 0. The molecular formula is C32H50N2O2+2. The molecule has 4 nitrogen and oxygen atoms in total. The second kappa shape index (κ2) is 14.2. The molecule has 0 aromatic heterocycles. The summed E-state index contributed by atoms with van der Waals surface area (Å²) in [6.07, 6.45) is 4.38. The predicted octanol–water partition coefficient (Wildman–Crippen LogP) is 6.92. The van der Waals surface area contributed by atoms with Crippen molar-refractivity contribution in [2.45, 2.75) is 41.5 Å². The highest BCUT2D eigenvalue weighted by molar-refractivity contribution is 6.04. The third-order valence-corrected chi connectivity index (χ3v) is 8.05. The quantitative estimate of drug-likeness (QED) is 0.198. The fraction of sp³-hybridized carbons (Fsp3) is 0.500. The van der Waals surface area contributed by atoms with Crippen LogP contribution < -0.4 is 9.47 Å². The highest BCUT2D eigenvalue weighted by Gasteiger charge is 2.17. The van der Waals surface area contributed by atoms with Crippen LogP contribution in [0.25, 0.3) is 11.1 Å². The fourth-order valence-electron chi connectivity index (χ4n) is 4.26. The van der Waals surface area contributed by atoms with Crippen molar-refractivity contribution in [1.29, 1.82) is 0 Å². The largest absolute Gasteiger partial charge is 0.488 e. The van der Waals surface area contributed by atoms with Crippen LogP contribution in [0.4, 0.5) is 0 Å². The Morgan fingerprint density at radius 1 is 0.583 bits per heavy atom. The predicted molar refractivity (Wildman–Crippen MR) is 155 cm³/mol. The first-order chi connectivity index (χ1) is 17.3. The molecule has 4 heteroatoms.